The Morgan fingerprint density at radius 2 is 0.500 bits per heavy atom. The Labute approximate surface area is 134 Å². The van der Waals surface area contributed by atoms with Gasteiger partial charge in [0.15, 0.2) is 0 Å². The van der Waals surface area contributed by atoms with E-state index in [1.165, 1.54) is 0 Å². The van der Waals surface area contributed by atoms with E-state index in [0.717, 1.165) is 0 Å². The van der Waals surface area contributed by atoms with E-state index < -0.39 is 6.97 Å². The first-order valence-corrected chi connectivity index (χ1v) is 12.7. The van der Waals surface area contributed by atoms with E-state index in [2.05, 4.69) is 0 Å². The first-order chi connectivity index (χ1) is 2.45. The molecule has 0 aromatic rings. The molecule has 0 radical (unpaired) electrons. The molecule has 0 atom stereocenters. The minimum absolute atomic E-state index is 0. The van der Waals surface area contributed by atoms with Crippen LogP contribution in [0.1, 0.15) is 0 Å². The van der Waals surface area contributed by atoms with Gasteiger partial charge < -0.3 is 21.9 Å². The average molecular weight is 431 g/mol. The summed E-state index contributed by atoms with van der Waals surface area (Å²) in [6.45, 7) is -5.08. The van der Waals surface area contributed by atoms with Gasteiger partial charge in [-0.15, -0.1) is 0 Å². The molecule has 12 heavy (non-hydrogen) atoms. The van der Waals surface area contributed by atoms with Crippen LogP contribution in [0.4, 0.5) is 0 Å². The molecule has 0 saturated carbocycles. The van der Waals surface area contributed by atoms with Crippen molar-refractivity contribution >= 4 is 109 Å². The summed E-state index contributed by atoms with van der Waals surface area (Å²) >= 11 is 0. The molecular weight excluding hydrogens is 422 g/mol. The SMILES string of the molecule is O.O.O.O.[Cl][Pd]([Cl])([Cl])([Cl])([Cl])[Cl].[KH]. The first kappa shape index (κ1) is 36.0. The molecule has 0 aromatic heterocycles. The van der Waals surface area contributed by atoms with Gasteiger partial charge in [-0.05, 0) is 0 Å². The summed E-state index contributed by atoms with van der Waals surface area (Å²) in [5.74, 6) is 0. The molecular formula is H9Cl6KO4Pd. The number of hydrogen-bond acceptors (Lipinski definition) is 0. The average Bonchev–Trinajstić information content (AvgIpc) is 0.592. The Kier molecular flexibility index (Phi) is 24.1. The normalized spacial score (nSPS) is 13.5. The van der Waals surface area contributed by atoms with Crippen molar-refractivity contribution < 1.29 is 28.9 Å². The quantitative estimate of drug-likeness (QED) is 0.486. The first-order valence-electron chi connectivity index (χ1n) is 0.717. The molecule has 0 spiro atoms. The molecule has 4 nitrogen and oxygen atoms in total. The third kappa shape index (κ3) is 153. The van der Waals surface area contributed by atoms with E-state index in [1.807, 2.05) is 0 Å². The minimum atomic E-state index is -5.08. The molecule has 0 amide bonds. The van der Waals surface area contributed by atoms with Crippen LogP contribution in [0.5, 0.6) is 0 Å². The molecule has 0 heterocycles. The van der Waals surface area contributed by atoms with Crippen LogP contribution < -0.4 is 0 Å². The Bertz CT molecular complexity index is 78.1. The molecule has 0 aliphatic rings. The summed E-state index contributed by atoms with van der Waals surface area (Å²) in [5, 5.41) is 0. The van der Waals surface area contributed by atoms with Gasteiger partial charge in [-0.25, -0.2) is 0 Å². The van der Waals surface area contributed by atoms with E-state index in [-0.39, 0.29) is 73.3 Å². The van der Waals surface area contributed by atoms with Crippen molar-refractivity contribution in [2.45, 2.75) is 0 Å². The molecule has 86 valence electrons. The molecule has 0 saturated heterocycles. The predicted octanol–water partition coefficient (Wildman–Crippen LogP) is 0.187. The summed E-state index contributed by atoms with van der Waals surface area (Å²) in [5.41, 5.74) is 0. The third-order valence-electron chi connectivity index (χ3n) is 0. The molecule has 12 heteroatoms. The van der Waals surface area contributed by atoms with Crippen LogP contribution in [0.15, 0.2) is 0 Å². The zero-order valence-corrected chi connectivity index (χ0v) is 10.7. The van der Waals surface area contributed by atoms with Gasteiger partial charge in [-0.2, -0.15) is 0 Å². The van der Waals surface area contributed by atoms with E-state index in [1.54, 1.807) is 0 Å². The van der Waals surface area contributed by atoms with Crippen LogP contribution in [0, 0.1) is 0 Å². The zero-order chi connectivity index (χ0) is 6.41. The van der Waals surface area contributed by atoms with Gasteiger partial charge >= 0.3 is 116 Å². The van der Waals surface area contributed by atoms with Gasteiger partial charge in [0.1, 0.15) is 0 Å². The summed E-state index contributed by atoms with van der Waals surface area (Å²) in [4.78, 5) is 0. The summed E-state index contributed by atoms with van der Waals surface area (Å²) in [6, 6.07) is 0. The monoisotopic (exact) mass is 428 g/mol. The molecule has 8 N–H and O–H groups in total. The fraction of sp³-hybridized carbons (Fsp3) is 0. The standard InChI is InChI=1S/6ClH.K.4H2O.Pd.H/h6*1H;;4*1H2;;/q;;;;;;;;;;;+6;/p-6. The fourth-order valence-electron chi connectivity index (χ4n) is 0. The molecule has 0 aliphatic heterocycles. The van der Waals surface area contributed by atoms with Crippen molar-refractivity contribution in [3.8, 4) is 0 Å². The van der Waals surface area contributed by atoms with Crippen molar-refractivity contribution in [2.24, 2.45) is 0 Å². The summed E-state index contributed by atoms with van der Waals surface area (Å²) in [7, 11) is 30.2. The topological polar surface area (TPSA) is 126 Å². The second kappa shape index (κ2) is 8.04. The van der Waals surface area contributed by atoms with E-state index in [9.17, 15) is 0 Å². The second-order valence-corrected chi connectivity index (χ2v) is 36.1. The second-order valence-electron chi connectivity index (χ2n) is 0.678. The van der Waals surface area contributed by atoms with Gasteiger partial charge in [0.05, 0.1) is 0 Å². The van der Waals surface area contributed by atoms with Crippen molar-refractivity contribution in [3.63, 3.8) is 0 Å². The Morgan fingerprint density at radius 3 is 0.500 bits per heavy atom. The Morgan fingerprint density at radius 1 is 0.500 bits per heavy atom. The molecule has 0 aromatic carbocycles. The van der Waals surface area contributed by atoms with E-state index in [4.69, 9.17) is 57.2 Å². The van der Waals surface area contributed by atoms with Crippen molar-refractivity contribution in [1.82, 2.24) is 0 Å². The predicted molar refractivity (Wildman–Crippen MR) is 56.7 cm³/mol. The number of rotatable bonds is 0. The fourth-order valence-corrected chi connectivity index (χ4v) is 0. The molecule has 0 rings (SSSR count). The molecule has 0 unspecified atom stereocenters. The zero-order valence-electron chi connectivity index (χ0n) is 4.58. The van der Waals surface area contributed by atoms with E-state index in [0.29, 0.717) is 0 Å². The number of halogens is 6. The summed E-state index contributed by atoms with van der Waals surface area (Å²) in [6.07, 6.45) is 0. The van der Waals surface area contributed by atoms with Gasteiger partial charge in [0.2, 0.25) is 0 Å². The van der Waals surface area contributed by atoms with Gasteiger partial charge in [-0.3, -0.25) is 0 Å². The molecule has 0 fully saturated rings. The van der Waals surface area contributed by atoms with Crippen LogP contribution in [0.25, 0.3) is 0 Å². The third-order valence-corrected chi connectivity index (χ3v) is 0. The molecule has 0 aliphatic carbocycles. The maximum absolute atomic E-state index is 5.08. The van der Waals surface area contributed by atoms with Gasteiger partial charge in [0.25, 0.3) is 0 Å². The van der Waals surface area contributed by atoms with E-state index >= 15 is 0 Å². The molecule has 0 bridgehead atoms. The van der Waals surface area contributed by atoms with Crippen LogP contribution in [0.3, 0.4) is 0 Å². The Balaban J connectivity index is -0.0000000180. The van der Waals surface area contributed by atoms with Crippen LogP contribution in [0.2, 0.25) is 0 Å². The van der Waals surface area contributed by atoms with Crippen LogP contribution in [-0.4, -0.2) is 73.3 Å². The van der Waals surface area contributed by atoms with Crippen molar-refractivity contribution in [3.05, 3.63) is 0 Å². The van der Waals surface area contributed by atoms with Crippen molar-refractivity contribution in [1.29, 1.82) is 0 Å². The van der Waals surface area contributed by atoms with Crippen LogP contribution >= 0.6 is 57.2 Å². The van der Waals surface area contributed by atoms with Gasteiger partial charge in [0, 0.05) is 0 Å². The number of hydrogen-bond donors (Lipinski definition) is 0. The maximum atomic E-state index is 5.03. The van der Waals surface area contributed by atoms with Gasteiger partial charge in [-0.1, -0.05) is 0 Å². The van der Waals surface area contributed by atoms with Crippen molar-refractivity contribution in [2.75, 3.05) is 0 Å². The van der Waals surface area contributed by atoms with Crippen LogP contribution in [-0.2, 0) is 6.97 Å². The summed E-state index contributed by atoms with van der Waals surface area (Å²) < 4.78 is 0. The Hall–Kier alpha value is 3.88.